The van der Waals surface area contributed by atoms with Crippen molar-refractivity contribution in [3.63, 3.8) is 0 Å². The average molecular weight is 450 g/mol. The van der Waals surface area contributed by atoms with Gasteiger partial charge in [-0.15, -0.1) is 0 Å². The van der Waals surface area contributed by atoms with E-state index in [0.29, 0.717) is 12.1 Å². The normalized spacial score (nSPS) is 17.3. The summed E-state index contributed by atoms with van der Waals surface area (Å²) >= 11 is 0. The molecule has 0 saturated carbocycles. The number of carbonyl (C=O) groups is 1. The first-order valence-corrected chi connectivity index (χ1v) is 12.2. The third-order valence-electron chi connectivity index (χ3n) is 5.82. The minimum Gasteiger partial charge on any atom is -0.333 e. The number of benzene rings is 3. The summed E-state index contributed by atoms with van der Waals surface area (Å²) in [6.07, 6.45) is 0.757. The lowest BCUT2D eigenvalue weighted by atomic mass is 10.0. The Bertz CT molecular complexity index is 1150. The second-order valence-electron chi connectivity index (χ2n) is 8.13. The van der Waals surface area contributed by atoms with E-state index in [2.05, 4.69) is 29.2 Å². The van der Waals surface area contributed by atoms with Crippen molar-refractivity contribution in [1.82, 2.24) is 9.80 Å². The number of nitrogens with two attached hydrogens (primary N) is 1. The Morgan fingerprint density at radius 1 is 0.844 bits per heavy atom. The molecule has 3 aromatic rings. The van der Waals surface area contributed by atoms with Gasteiger partial charge in [0.25, 0.3) is 5.91 Å². The molecule has 0 aromatic heterocycles. The van der Waals surface area contributed by atoms with Gasteiger partial charge >= 0.3 is 0 Å². The van der Waals surface area contributed by atoms with Crippen molar-refractivity contribution in [2.24, 2.45) is 5.14 Å². The third-order valence-corrected chi connectivity index (χ3v) is 6.75. The van der Waals surface area contributed by atoms with Gasteiger partial charge in [-0.05, 0) is 41.8 Å². The van der Waals surface area contributed by atoms with E-state index in [1.54, 1.807) is 0 Å². The van der Waals surface area contributed by atoms with Gasteiger partial charge in [-0.1, -0.05) is 60.7 Å². The van der Waals surface area contributed by atoms with E-state index < -0.39 is 10.0 Å². The summed E-state index contributed by atoms with van der Waals surface area (Å²) in [7, 11) is -3.79. The van der Waals surface area contributed by atoms with Crippen LogP contribution in [0.1, 0.15) is 21.5 Å². The molecular weight excluding hydrogens is 422 g/mol. The Labute approximate surface area is 189 Å². The molecule has 32 heavy (non-hydrogen) atoms. The maximum Gasteiger partial charge on any atom is 0.254 e. The Hall–Kier alpha value is -3.00. The van der Waals surface area contributed by atoms with Crippen LogP contribution < -0.4 is 5.14 Å². The molecule has 3 aromatic carbocycles. The van der Waals surface area contributed by atoms with Crippen LogP contribution >= 0.6 is 0 Å². The summed E-state index contributed by atoms with van der Waals surface area (Å²) in [5, 5.41) is 5.18. The molecule has 1 saturated heterocycles. The van der Waals surface area contributed by atoms with Crippen molar-refractivity contribution < 1.29 is 13.2 Å². The molecule has 0 radical (unpaired) electrons. The molecule has 0 unspecified atom stereocenters. The molecule has 4 rings (SSSR count). The summed E-state index contributed by atoms with van der Waals surface area (Å²) in [6, 6.07) is 26.4. The van der Waals surface area contributed by atoms with E-state index in [-0.39, 0.29) is 16.8 Å². The minimum absolute atomic E-state index is 0.00238. The molecule has 1 amide bonds. The predicted octanol–water partition coefficient (Wildman–Crippen LogP) is 2.90. The van der Waals surface area contributed by atoms with E-state index in [4.69, 9.17) is 5.14 Å². The number of rotatable bonds is 6. The van der Waals surface area contributed by atoms with Crippen LogP contribution in [-0.4, -0.2) is 49.8 Å². The van der Waals surface area contributed by atoms with Crippen LogP contribution in [0.4, 0.5) is 0 Å². The van der Waals surface area contributed by atoms with Crippen LogP contribution in [0.2, 0.25) is 0 Å². The van der Waals surface area contributed by atoms with Crippen LogP contribution in [0.5, 0.6) is 0 Å². The summed E-state index contributed by atoms with van der Waals surface area (Å²) in [5.41, 5.74) is 2.90. The smallest absolute Gasteiger partial charge is 0.254 e. The summed E-state index contributed by atoms with van der Waals surface area (Å²) in [6.45, 7) is 3.00. The van der Waals surface area contributed by atoms with Gasteiger partial charge in [0.05, 0.1) is 4.90 Å². The van der Waals surface area contributed by atoms with Crippen LogP contribution in [0.25, 0.3) is 0 Å². The van der Waals surface area contributed by atoms with Crippen molar-refractivity contribution in [2.45, 2.75) is 23.9 Å². The van der Waals surface area contributed by atoms with Gasteiger partial charge in [0.1, 0.15) is 0 Å². The highest BCUT2D eigenvalue weighted by atomic mass is 32.2. The lowest BCUT2D eigenvalue weighted by Gasteiger charge is -2.42. The molecule has 1 aliphatic rings. The van der Waals surface area contributed by atoms with Gasteiger partial charge in [0, 0.05) is 37.8 Å². The molecule has 0 aliphatic carbocycles. The van der Waals surface area contributed by atoms with Gasteiger partial charge < -0.3 is 4.90 Å². The number of hydrogen-bond acceptors (Lipinski definition) is 4. The van der Waals surface area contributed by atoms with Crippen molar-refractivity contribution in [3.8, 4) is 0 Å². The number of piperazine rings is 1. The topological polar surface area (TPSA) is 83.7 Å². The fraction of sp³-hybridized carbons (Fsp3) is 0.240. The number of sulfonamides is 1. The largest absolute Gasteiger partial charge is 0.333 e. The van der Waals surface area contributed by atoms with Gasteiger partial charge in [-0.25, -0.2) is 13.6 Å². The van der Waals surface area contributed by atoms with E-state index in [0.717, 1.165) is 26.1 Å². The molecule has 1 fully saturated rings. The molecule has 7 heteroatoms. The number of amides is 1. The van der Waals surface area contributed by atoms with Crippen LogP contribution in [-0.2, 0) is 23.0 Å². The lowest BCUT2D eigenvalue weighted by Crippen LogP contribution is -2.55. The Kier molecular flexibility index (Phi) is 6.69. The summed E-state index contributed by atoms with van der Waals surface area (Å²) in [4.78, 5) is 17.7. The maximum absolute atomic E-state index is 13.4. The molecule has 2 N–H and O–H groups in total. The van der Waals surface area contributed by atoms with Gasteiger partial charge in [-0.2, -0.15) is 0 Å². The molecule has 1 aliphatic heterocycles. The average Bonchev–Trinajstić information content (AvgIpc) is 2.80. The van der Waals surface area contributed by atoms with Gasteiger partial charge in [-0.3, -0.25) is 9.69 Å². The van der Waals surface area contributed by atoms with Gasteiger partial charge in [0.2, 0.25) is 10.0 Å². The van der Waals surface area contributed by atoms with E-state index in [1.165, 1.54) is 35.4 Å². The van der Waals surface area contributed by atoms with Crippen LogP contribution in [0, 0.1) is 0 Å². The van der Waals surface area contributed by atoms with E-state index in [9.17, 15) is 13.2 Å². The first-order valence-electron chi connectivity index (χ1n) is 10.6. The molecular formula is C25H27N3O3S. The Morgan fingerprint density at radius 3 is 2.03 bits per heavy atom. The third kappa shape index (κ3) is 5.43. The molecule has 6 nitrogen and oxygen atoms in total. The standard InChI is InChI=1S/C25H27N3O3S/c26-32(30,31)24-13-11-22(12-14-24)25(29)28-16-15-27(18-21-9-5-2-6-10-21)19-23(28)17-20-7-3-1-4-8-20/h1-14,23H,15-19H2,(H2,26,30,31)/t23-/m1/s1. The zero-order valence-electron chi connectivity index (χ0n) is 17.8. The zero-order chi connectivity index (χ0) is 22.6. The summed E-state index contributed by atoms with van der Waals surface area (Å²) < 4.78 is 23.1. The second kappa shape index (κ2) is 9.65. The van der Waals surface area contributed by atoms with E-state index in [1.807, 2.05) is 41.3 Å². The highest BCUT2D eigenvalue weighted by Gasteiger charge is 2.31. The minimum atomic E-state index is -3.79. The van der Waals surface area contributed by atoms with Crippen molar-refractivity contribution in [1.29, 1.82) is 0 Å². The first kappa shape index (κ1) is 22.2. The predicted molar refractivity (Wildman–Crippen MR) is 125 cm³/mol. The molecule has 166 valence electrons. The first-order chi connectivity index (χ1) is 15.4. The van der Waals surface area contributed by atoms with Crippen LogP contribution in [0.3, 0.4) is 0 Å². The number of carbonyl (C=O) groups excluding carboxylic acids is 1. The number of hydrogen-bond donors (Lipinski definition) is 1. The maximum atomic E-state index is 13.4. The number of nitrogens with zero attached hydrogens (tertiary/aromatic N) is 2. The molecule has 1 atom stereocenters. The number of primary sulfonamides is 1. The Morgan fingerprint density at radius 2 is 1.44 bits per heavy atom. The SMILES string of the molecule is NS(=O)(=O)c1ccc(C(=O)N2CCN(Cc3ccccc3)C[C@H]2Cc2ccccc2)cc1. The van der Waals surface area contributed by atoms with Crippen molar-refractivity contribution in [2.75, 3.05) is 19.6 Å². The summed E-state index contributed by atoms with van der Waals surface area (Å²) in [5.74, 6) is -0.0914. The monoisotopic (exact) mass is 449 g/mol. The fourth-order valence-electron chi connectivity index (χ4n) is 4.19. The van der Waals surface area contributed by atoms with Crippen molar-refractivity contribution >= 4 is 15.9 Å². The molecule has 1 heterocycles. The highest BCUT2D eigenvalue weighted by molar-refractivity contribution is 7.89. The Balaban J connectivity index is 1.54. The molecule has 0 spiro atoms. The van der Waals surface area contributed by atoms with Crippen molar-refractivity contribution in [3.05, 3.63) is 102 Å². The lowest BCUT2D eigenvalue weighted by molar-refractivity contribution is 0.0439. The zero-order valence-corrected chi connectivity index (χ0v) is 18.6. The van der Waals surface area contributed by atoms with Crippen LogP contribution in [0.15, 0.2) is 89.8 Å². The highest BCUT2D eigenvalue weighted by Crippen LogP contribution is 2.20. The molecule has 0 bridgehead atoms. The second-order valence-corrected chi connectivity index (χ2v) is 9.69. The fourth-order valence-corrected chi connectivity index (χ4v) is 4.70. The van der Waals surface area contributed by atoms with E-state index >= 15 is 0 Å². The van der Waals surface area contributed by atoms with Gasteiger partial charge in [0.15, 0.2) is 0 Å². The quantitative estimate of drug-likeness (QED) is 0.627.